The molecule has 4 rings (SSSR count). The molecule has 1 aromatic heterocycles. The summed E-state index contributed by atoms with van der Waals surface area (Å²) in [6, 6.07) is 7.85. The zero-order chi connectivity index (χ0) is 21.4. The van der Waals surface area contributed by atoms with Crippen LogP contribution in [0.1, 0.15) is 56.6 Å². The van der Waals surface area contributed by atoms with Gasteiger partial charge in [0, 0.05) is 24.2 Å². The Kier molecular flexibility index (Phi) is 5.32. The molecular weight excluding hydrogens is 382 g/mol. The van der Waals surface area contributed by atoms with E-state index >= 15 is 0 Å². The van der Waals surface area contributed by atoms with Gasteiger partial charge in [-0.25, -0.2) is 0 Å². The van der Waals surface area contributed by atoms with Gasteiger partial charge in [-0.1, -0.05) is 12.1 Å². The summed E-state index contributed by atoms with van der Waals surface area (Å²) in [6.45, 7) is 6.13. The molecule has 1 saturated heterocycles. The number of piperidine rings is 1. The minimum absolute atomic E-state index is 0.0920. The molecule has 8 heteroatoms. The predicted octanol–water partition coefficient (Wildman–Crippen LogP) is 2.91. The molecule has 3 heterocycles. The van der Waals surface area contributed by atoms with Crippen LogP contribution in [0.4, 0.5) is 17.5 Å². The third kappa shape index (κ3) is 3.81. The van der Waals surface area contributed by atoms with Crippen LogP contribution in [-0.2, 0) is 9.59 Å². The minimum Gasteiger partial charge on any atom is -0.337 e. The predicted molar refractivity (Wildman–Crippen MR) is 116 cm³/mol. The van der Waals surface area contributed by atoms with Crippen molar-refractivity contribution in [3.63, 3.8) is 0 Å². The highest BCUT2D eigenvalue weighted by molar-refractivity contribution is 6.04. The van der Waals surface area contributed by atoms with E-state index in [1.807, 2.05) is 25.1 Å². The van der Waals surface area contributed by atoms with Crippen molar-refractivity contribution in [1.29, 1.82) is 0 Å². The molecule has 0 spiro atoms. The standard InChI is InChI=1S/C22H27N5O3/c1-12-6-4-9-15(10-12)23-20(29)16-11-17(28)24-19-18(16)21(30)26-22(25-19)27-13(2)7-5-8-14(27)3/h4,6,9-10,13-14,16H,5,7-8,11H2,1-3H3,(H,23,29)(H2,24,25,26,28,30)/t13-,14-,16-/m0/s1. The third-order valence-corrected chi connectivity index (χ3v) is 5.98. The van der Waals surface area contributed by atoms with Crippen molar-refractivity contribution < 1.29 is 9.59 Å². The van der Waals surface area contributed by atoms with Crippen LogP contribution < -0.4 is 21.1 Å². The SMILES string of the molecule is Cc1cccc(NC(=O)[C@H]2CC(=O)Nc3nc(N4[C@@H](C)CCC[C@@H]4C)[nH]c(=O)c32)c1. The first kappa shape index (κ1) is 20.1. The summed E-state index contributed by atoms with van der Waals surface area (Å²) in [5.74, 6) is -0.985. The molecular formula is C22H27N5O3. The van der Waals surface area contributed by atoms with Crippen molar-refractivity contribution in [2.45, 2.75) is 64.5 Å². The maximum atomic E-state index is 13.0. The third-order valence-electron chi connectivity index (χ3n) is 5.98. The largest absolute Gasteiger partial charge is 0.337 e. The van der Waals surface area contributed by atoms with Gasteiger partial charge in [-0.3, -0.25) is 19.4 Å². The Morgan fingerprint density at radius 2 is 1.93 bits per heavy atom. The lowest BCUT2D eigenvalue weighted by molar-refractivity contribution is -0.123. The van der Waals surface area contributed by atoms with Crippen molar-refractivity contribution in [2.75, 3.05) is 15.5 Å². The molecule has 1 fully saturated rings. The van der Waals surface area contributed by atoms with Crippen LogP contribution in [0.25, 0.3) is 0 Å². The Hall–Kier alpha value is -3.16. The molecule has 158 valence electrons. The van der Waals surface area contributed by atoms with Gasteiger partial charge in [0.15, 0.2) is 0 Å². The van der Waals surface area contributed by atoms with Crippen LogP contribution in [0.3, 0.4) is 0 Å². The van der Waals surface area contributed by atoms with Crippen LogP contribution in [-0.4, -0.2) is 33.9 Å². The zero-order valence-corrected chi connectivity index (χ0v) is 17.5. The Balaban J connectivity index is 1.68. The monoisotopic (exact) mass is 409 g/mol. The highest BCUT2D eigenvalue weighted by atomic mass is 16.2. The Morgan fingerprint density at radius 1 is 1.20 bits per heavy atom. The number of rotatable bonds is 3. The van der Waals surface area contributed by atoms with Gasteiger partial charge in [-0.2, -0.15) is 4.98 Å². The molecule has 2 amide bonds. The molecule has 0 radical (unpaired) electrons. The maximum Gasteiger partial charge on any atom is 0.258 e. The number of aromatic amines is 1. The van der Waals surface area contributed by atoms with Crippen molar-refractivity contribution >= 4 is 29.3 Å². The molecule has 0 aliphatic carbocycles. The second kappa shape index (κ2) is 7.93. The van der Waals surface area contributed by atoms with Gasteiger partial charge in [0.25, 0.3) is 5.56 Å². The van der Waals surface area contributed by atoms with Gasteiger partial charge in [0.2, 0.25) is 17.8 Å². The summed E-state index contributed by atoms with van der Waals surface area (Å²) < 4.78 is 0. The Labute approximate surface area is 175 Å². The van der Waals surface area contributed by atoms with Crippen molar-refractivity contribution in [3.05, 3.63) is 45.7 Å². The number of amides is 2. The molecule has 8 nitrogen and oxygen atoms in total. The smallest absolute Gasteiger partial charge is 0.258 e. The number of aryl methyl sites for hydroxylation is 1. The van der Waals surface area contributed by atoms with Crippen molar-refractivity contribution in [3.8, 4) is 0 Å². The zero-order valence-electron chi connectivity index (χ0n) is 17.5. The van der Waals surface area contributed by atoms with E-state index in [9.17, 15) is 14.4 Å². The summed E-state index contributed by atoms with van der Waals surface area (Å²) in [6.07, 6.45) is 3.06. The number of anilines is 3. The topological polar surface area (TPSA) is 107 Å². The second-order valence-corrected chi connectivity index (χ2v) is 8.35. The van der Waals surface area contributed by atoms with Crippen LogP contribution in [0.2, 0.25) is 0 Å². The van der Waals surface area contributed by atoms with E-state index in [0.29, 0.717) is 11.6 Å². The number of aromatic nitrogens is 2. The van der Waals surface area contributed by atoms with E-state index in [2.05, 4.69) is 39.3 Å². The van der Waals surface area contributed by atoms with Gasteiger partial charge >= 0.3 is 0 Å². The van der Waals surface area contributed by atoms with E-state index in [-0.39, 0.29) is 41.4 Å². The molecule has 1 aromatic carbocycles. The van der Waals surface area contributed by atoms with Gasteiger partial charge in [-0.05, 0) is 57.7 Å². The normalized spacial score (nSPS) is 23.5. The first-order valence-corrected chi connectivity index (χ1v) is 10.4. The molecule has 3 atom stereocenters. The van der Waals surface area contributed by atoms with Crippen LogP contribution in [0, 0.1) is 6.92 Å². The van der Waals surface area contributed by atoms with Crippen molar-refractivity contribution in [1.82, 2.24) is 9.97 Å². The lowest BCUT2D eigenvalue weighted by Gasteiger charge is -2.39. The molecule has 2 aromatic rings. The summed E-state index contributed by atoms with van der Waals surface area (Å²) in [5.41, 5.74) is 1.46. The lowest BCUT2D eigenvalue weighted by atomic mass is 9.92. The summed E-state index contributed by atoms with van der Waals surface area (Å²) in [5, 5.41) is 5.51. The first-order chi connectivity index (χ1) is 14.3. The number of carbonyl (C=O) groups excluding carboxylic acids is 2. The number of H-pyrrole nitrogens is 1. The quantitative estimate of drug-likeness (QED) is 0.723. The number of carbonyl (C=O) groups is 2. The summed E-state index contributed by atoms with van der Waals surface area (Å²) >= 11 is 0. The van der Waals surface area contributed by atoms with Gasteiger partial charge in [0.1, 0.15) is 5.82 Å². The van der Waals surface area contributed by atoms with E-state index in [0.717, 1.165) is 24.8 Å². The first-order valence-electron chi connectivity index (χ1n) is 10.4. The second-order valence-electron chi connectivity index (χ2n) is 8.35. The minimum atomic E-state index is -0.893. The van der Waals surface area contributed by atoms with Gasteiger partial charge < -0.3 is 15.5 Å². The average molecular weight is 409 g/mol. The Bertz CT molecular complexity index is 1040. The highest BCUT2D eigenvalue weighted by Crippen LogP contribution is 2.32. The number of nitrogens with one attached hydrogen (secondary N) is 3. The maximum absolute atomic E-state index is 13.0. The molecule has 30 heavy (non-hydrogen) atoms. The van der Waals surface area contributed by atoms with E-state index in [1.54, 1.807) is 6.07 Å². The molecule has 2 aliphatic rings. The number of benzene rings is 1. The molecule has 0 unspecified atom stereocenters. The number of hydrogen-bond acceptors (Lipinski definition) is 5. The fourth-order valence-corrected chi connectivity index (χ4v) is 4.50. The molecule has 0 saturated carbocycles. The van der Waals surface area contributed by atoms with Crippen molar-refractivity contribution in [2.24, 2.45) is 0 Å². The highest BCUT2D eigenvalue weighted by Gasteiger charge is 2.36. The number of nitrogens with zero attached hydrogens (tertiary/aromatic N) is 2. The summed E-state index contributed by atoms with van der Waals surface area (Å²) in [4.78, 5) is 47.8. The van der Waals surface area contributed by atoms with Crippen LogP contribution in [0.5, 0.6) is 0 Å². The fourth-order valence-electron chi connectivity index (χ4n) is 4.50. The Morgan fingerprint density at radius 3 is 2.63 bits per heavy atom. The van der Waals surface area contributed by atoms with Crippen LogP contribution in [0.15, 0.2) is 29.1 Å². The lowest BCUT2D eigenvalue weighted by Crippen LogP contribution is -2.46. The summed E-state index contributed by atoms with van der Waals surface area (Å²) in [7, 11) is 0. The van der Waals surface area contributed by atoms with E-state index in [4.69, 9.17) is 0 Å². The number of fused-ring (bicyclic) bond motifs is 1. The van der Waals surface area contributed by atoms with E-state index < -0.39 is 11.8 Å². The molecule has 0 bridgehead atoms. The van der Waals surface area contributed by atoms with E-state index in [1.165, 1.54) is 0 Å². The fraction of sp³-hybridized carbons (Fsp3) is 0.455. The molecule has 3 N–H and O–H groups in total. The average Bonchev–Trinajstić information content (AvgIpc) is 2.67. The van der Waals surface area contributed by atoms with Gasteiger partial charge in [-0.15, -0.1) is 0 Å². The van der Waals surface area contributed by atoms with Gasteiger partial charge in [0.05, 0.1) is 11.5 Å². The van der Waals surface area contributed by atoms with Crippen LogP contribution >= 0.6 is 0 Å². The number of hydrogen-bond donors (Lipinski definition) is 3. The molecule has 2 aliphatic heterocycles.